The molecule has 0 fully saturated rings. The van der Waals surface area contributed by atoms with Crippen LogP contribution in [0.5, 0.6) is 0 Å². The molecule has 1 amide bonds. The Kier molecular flexibility index (Phi) is 6.93. The third kappa shape index (κ3) is 3.99. The number of carbonyl (C=O) groups is 1. The first-order valence-corrected chi connectivity index (χ1v) is 7.44. The predicted octanol–water partition coefficient (Wildman–Crippen LogP) is 3.64. The highest BCUT2D eigenvalue weighted by Gasteiger charge is 2.64. The summed E-state index contributed by atoms with van der Waals surface area (Å²) in [6.07, 6.45) is -2.91. The number of nitrogens with two attached hydrogens (primary N) is 1. The average molecular weight is 349 g/mol. The van der Waals surface area contributed by atoms with Gasteiger partial charge in [-0.15, -0.1) is 24.8 Å². The van der Waals surface area contributed by atoms with E-state index in [1.54, 1.807) is 13.0 Å². The van der Waals surface area contributed by atoms with E-state index in [9.17, 15) is 18.0 Å². The average Bonchev–Trinajstić information content (AvgIpc) is 3.00. The summed E-state index contributed by atoms with van der Waals surface area (Å²) >= 11 is 5.06. The van der Waals surface area contributed by atoms with Gasteiger partial charge in [0.05, 0.1) is 11.8 Å². The lowest BCUT2D eigenvalue weighted by atomic mass is 10.1. The van der Waals surface area contributed by atoms with Gasteiger partial charge in [-0.05, 0) is 12.1 Å². The van der Waals surface area contributed by atoms with E-state index < -0.39 is 16.7 Å². The van der Waals surface area contributed by atoms with E-state index in [1.807, 2.05) is 0 Å². The van der Waals surface area contributed by atoms with Crippen molar-refractivity contribution in [3.05, 3.63) is 47.8 Å². The van der Waals surface area contributed by atoms with Crippen molar-refractivity contribution in [1.82, 2.24) is 0 Å². The molecule has 1 unspecified atom stereocenters. The van der Waals surface area contributed by atoms with Crippen LogP contribution < -0.4 is 5.73 Å². The van der Waals surface area contributed by atoms with E-state index in [4.69, 9.17) is 17.3 Å². The van der Waals surface area contributed by atoms with Crippen LogP contribution in [0.15, 0.2) is 47.2 Å². The zero-order valence-electron chi connectivity index (χ0n) is 12.6. The third-order valence-corrected chi connectivity index (χ3v) is 3.35. The zero-order valence-corrected chi connectivity index (χ0v) is 13.3. The lowest BCUT2D eigenvalue weighted by molar-refractivity contribution is -0.849. The monoisotopic (exact) mass is 348 g/mol. The molecule has 0 saturated heterocycles. The molecule has 1 atom stereocenters. The maximum atomic E-state index is 13.4. The van der Waals surface area contributed by atoms with Gasteiger partial charge in [0.25, 0.3) is 0 Å². The highest BCUT2D eigenvalue weighted by Crippen LogP contribution is 2.39. The van der Waals surface area contributed by atoms with Gasteiger partial charge in [0.2, 0.25) is 6.34 Å². The molecule has 1 aromatic rings. The van der Waals surface area contributed by atoms with Gasteiger partial charge < -0.3 is 5.73 Å². The number of nitrogens with zero attached hydrogens (tertiary/aromatic N) is 2. The molecule has 0 radical (unpaired) electrons. The van der Waals surface area contributed by atoms with Crippen molar-refractivity contribution >= 4 is 23.8 Å². The van der Waals surface area contributed by atoms with Gasteiger partial charge in [-0.2, -0.15) is 0 Å². The fourth-order valence-corrected chi connectivity index (χ4v) is 2.04. The Labute approximate surface area is 137 Å². The second kappa shape index (κ2) is 8.24. The van der Waals surface area contributed by atoms with Crippen molar-refractivity contribution in [3.8, 4) is 0 Å². The standard InChI is InChI=1S/C13H12F3N2O.C2H6ClN/c1-2-11-8-17-9-18(11,13(14,15)16)12(19)10-6-4-3-5-7-10;3-1-2-4/h3-9H,2H2,1H3;1-2,4H2/q+1;. The maximum absolute atomic E-state index is 13.4. The highest BCUT2D eigenvalue weighted by atomic mass is 35.5. The van der Waals surface area contributed by atoms with Crippen LogP contribution in [0, 0.1) is 0 Å². The second-order valence-corrected chi connectivity index (χ2v) is 4.96. The number of allylic oxidation sites excluding steroid dienone is 1. The molecule has 0 aromatic heterocycles. The molecule has 1 aliphatic heterocycles. The van der Waals surface area contributed by atoms with E-state index in [2.05, 4.69) is 4.99 Å². The minimum atomic E-state index is -4.76. The summed E-state index contributed by atoms with van der Waals surface area (Å²) in [6, 6.07) is 7.44. The molecule has 1 heterocycles. The smallest absolute Gasteiger partial charge is 0.329 e. The largest absolute Gasteiger partial charge is 0.579 e. The molecule has 8 heteroatoms. The molecular formula is C15H18ClF3N3O+. The molecule has 2 rings (SSSR count). The molecule has 0 bridgehead atoms. The quantitative estimate of drug-likeness (QED) is 0.515. The summed E-state index contributed by atoms with van der Waals surface area (Å²) in [5.41, 5.74) is 4.82. The van der Waals surface area contributed by atoms with Crippen molar-refractivity contribution in [2.45, 2.75) is 19.6 Å². The van der Waals surface area contributed by atoms with Gasteiger partial charge in [-0.3, -0.25) is 0 Å². The normalized spacial score (nSPS) is 19.8. The number of hydrogen-bond donors (Lipinski definition) is 1. The molecule has 2 N–H and O–H groups in total. The van der Waals surface area contributed by atoms with Crippen LogP contribution in [0.1, 0.15) is 23.7 Å². The zero-order chi connectivity index (χ0) is 17.5. The van der Waals surface area contributed by atoms with Crippen molar-refractivity contribution in [2.24, 2.45) is 10.7 Å². The molecule has 0 aliphatic carbocycles. The Bertz CT molecular complexity index is 585. The van der Waals surface area contributed by atoms with Crippen LogP contribution in [-0.2, 0) is 0 Å². The van der Waals surface area contributed by atoms with Crippen LogP contribution in [-0.4, -0.2) is 35.5 Å². The minimum absolute atomic E-state index is 0.00697. The molecule has 1 aromatic carbocycles. The fraction of sp³-hybridized carbons (Fsp3) is 0.333. The third-order valence-electron chi connectivity index (χ3n) is 3.13. The summed E-state index contributed by atoms with van der Waals surface area (Å²) in [5, 5.41) is 0. The Morgan fingerprint density at radius 2 is 1.87 bits per heavy atom. The number of aliphatic imine (C=N–C) groups is 1. The Hall–Kier alpha value is -1.70. The van der Waals surface area contributed by atoms with E-state index in [0.29, 0.717) is 18.8 Å². The van der Waals surface area contributed by atoms with Crippen LogP contribution >= 0.6 is 11.6 Å². The summed E-state index contributed by atoms with van der Waals surface area (Å²) in [7, 11) is 0. The molecule has 1 aliphatic rings. The van der Waals surface area contributed by atoms with Crippen LogP contribution in [0.2, 0.25) is 0 Å². The molecular weight excluding hydrogens is 331 g/mol. The summed E-state index contributed by atoms with van der Waals surface area (Å²) in [6.45, 7) is 2.15. The van der Waals surface area contributed by atoms with Gasteiger partial charge in [0, 0.05) is 18.8 Å². The number of amides is 1. The SMILES string of the molecule is CCC1=CN=C[N+]1(C(=O)c1ccccc1)C(F)(F)F.NCCCl. The summed E-state index contributed by atoms with van der Waals surface area (Å²) in [5.74, 6) is -0.470. The first kappa shape index (κ1) is 19.3. The topological polar surface area (TPSA) is 55.5 Å². The summed E-state index contributed by atoms with van der Waals surface area (Å²) < 4.78 is 38.4. The second-order valence-electron chi connectivity index (χ2n) is 4.58. The number of rotatable bonds is 3. The van der Waals surface area contributed by atoms with Crippen molar-refractivity contribution in [2.75, 3.05) is 12.4 Å². The van der Waals surface area contributed by atoms with Gasteiger partial charge in [-0.1, -0.05) is 29.6 Å². The van der Waals surface area contributed by atoms with E-state index in [-0.39, 0.29) is 17.7 Å². The molecule has 126 valence electrons. The first-order valence-electron chi connectivity index (χ1n) is 6.90. The summed E-state index contributed by atoms with van der Waals surface area (Å²) in [4.78, 5) is 15.9. The molecule has 0 saturated carbocycles. The van der Waals surface area contributed by atoms with Crippen molar-refractivity contribution in [1.29, 1.82) is 0 Å². The van der Waals surface area contributed by atoms with E-state index in [1.165, 1.54) is 24.3 Å². The van der Waals surface area contributed by atoms with Gasteiger partial charge in [0.1, 0.15) is 5.70 Å². The van der Waals surface area contributed by atoms with Crippen molar-refractivity contribution in [3.63, 3.8) is 0 Å². The number of carbonyl (C=O) groups excluding carboxylic acids is 1. The Balaban J connectivity index is 0.000000593. The molecule has 4 nitrogen and oxygen atoms in total. The fourth-order valence-electron chi connectivity index (χ4n) is 2.04. The Morgan fingerprint density at radius 1 is 1.30 bits per heavy atom. The maximum Gasteiger partial charge on any atom is 0.579 e. The molecule has 0 spiro atoms. The van der Waals surface area contributed by atoms with E-state index in [0.717, 1.165) is 6.20 Å². The molecule has 23 heavy (non-hydrogen) atoms. The van der Waals surface area contributed by atoms with Crippen molar-refractivity contribution < 1.29 is 22.4 Å². The van der Waals surface area contributed by atoms with Gasteiger partial charge >= 0.3 is 12.2 Å². The number of quaternary nitrogens is 1. The lowest BCUT2D eigenvalue weighted by Gasteiger charge is -2.30. The number of alkyl halides is 4. The predicted molar refractivity (Wildman–Crippen MR) is 83.7 cm³/mol. The van der Waals surface area contributed by atoms with Crippen LogP contribution in [0.4, 0.5) is 13.2 Å². The van der Waals surface area contributed by atoms with Crippen LogP contribution in [0.25, 0.3) is 0 Å². The minimum Gasteiger partial charge on any atom is -0.329 e. The van der Waals surface area contributed by atoms with Gasteiger partial charge in [0.15, 0.2) is 0 Å². The number of halogens is 4. The van der Waals surface area contributed by atoms with E-state index >= 15 is 0 Å². The number of hydrogen-bond acceptors (Lipinski definition) is 3. The lowest BCUT2D eigenvalue weighted by Crippen LogP contribution is -2.58. The number of benzene rings is 1. The first-order chi connectivity index (χ1) is 10.8. The van der Waals surface area contributed by atoms with Gasteiger partial charge in [-0.25, -0.2) is 9.79 Å². The Morgan fingerprint density at radius 3 is 2.30 bits per heavy atom. The van der Waals surface area contributed by atoms with Crippen LogP contribution in [0.3, 0.4) is 0 Å². The highest BCUT2D eigenvalue weighted by molar-refractivity contribution is 6.18.